The molecular weight excluding hydrogens is 339 g/mol. The number of amides is 2. The molecule has 1 aromatic heterocycles. The second kappa shape index (κ2) is 5.99. The van der Waals surface area contributed by atoms with Gasteiger partial charge in [-0.25, -0.2) is 17.6 Å². The maximum absolute atomic E-state index is 13.0. The van der Waals surface area contributed by atoms with Crippen molar-refractivity contribution < 1.29 is 22.3 Å². The lowest BCUT2D eigenvalue weighted by atomic mass is 9.96. The van der Waals surface area contributed by atoms with E-state index in [4.69, 9.17) is 4.74 Å². The maximum atomic E-state index is 13.0. The average Bonchev–Trinajstić information content (AvgIpc) is 2.82. The second-order valence-corrected chi connectivity index (χ2v) is 9.05. The molecule has 0 bridgehead atoms. The number of carbonyl (C=O) groups is 1. The van der Waals surface area contributed by atoms with Gasteiger partial charge in [-0.1, -0.05) is 0 Å². The van der Waals surface area contributed by atoms with E-state index in [1.807, 2.05) is 13.8 Å². The van der Waals surface area contributed by atoms with Crippen LogP contribution in [0, 0.1) is 5.82 Å². The van der Waals surface area contributed by atoms with Crippen LogP contribution in [0.4, 0.5) is 9.18 Å². The zero-order valence-electron chi connectivity index (χ0n) is 13.6. The minimum atomic E-state index is -3.42. The number of rotatable bonds is 3. The molecule has 3 rings (SSSR count). The Bertz CT molecular complexity index is 727. The molecule has 0 radical (unpaired) electrons. The van der Waals surface area contributed by atoms with Crippen molar-refractivity contribution in [2.45, 2.75) is 37.3 Å². The Morgan fingerprint density at radius 2 is 2.25 bits per heavy atom. The lowest BCUT2D eigenvalue weighted by Gasteiger charge is -2.52. The number of hydrogen-bond donors (Lipinski definition) is 1. The standard InChI is InChI=1S/C14H21FN4O4S/c1-10(2)17-13(20)18-7-14(8-18)9-24(21,22)12(6-23-14)5-19-4-11(15)3-16-19/h3-4,10,12H,5-9H2,1-2H3,(H,17,20)/t12-/m0/s1. The fourth-order valence-electron chi connectivity index (χ4n) is 3.03. The smallest absolute Gasteiger partial charge is 0.317 e. The van der Waals surface area contributed by atoms with Crippen LogP contribution < -0.4 is 5.32 Å². The summed E-state index contributed by atoms with van der Waals surface area (Å²) in [6, 6.07) is -0.199. The van der Waals surface area contributed by atoms with E-state index in [0.29, 0.717) is 0 Å². The molecular formula is C14H21FN4O4S. The molecule has 2 fully saturated rings. The van der Waals surface area contributed by atoms with Crippen LogP contribution in [0.25, 0.3) is 0 Å². The predicted molar refractivity (Wildman–Crippen MR) is 83.7 cm³/mol. The number of aromatic nitrogens is 2. The zero-order chi connectivity index (χ0) is 17.5. The van der Waals surface area contributed by atoms with Crippen molar-refractivity contribution >= 4 is 15.9 Å². The third-order valence-corrected chi connectivity index (χ3v) is 6.43. The quantitative estimate of drug-likeness (QED) is 0.819. The van der Waals surface area contributed by atoms with Gasteiger partial charge in [0.15, 0.2) is 15.7 Å². The summed E-state index contributed by atoms with van der Waals surface area (Å²) in [4.78, 5) is 13.4. The zero-order valence-corrected chi connectivity index (χ0v) is 14.4. The van der Waals surface area contributed by atoms with Crippen molar-refractivity contribution in [3.63, 3.8) is 0 Å². The molecule has 1 aromatic rings. The highest BCUT2D eigenvalue weighted by molar-refractivity contribution is 7.92. The molecule has 134 valence electrons. The van der Waals surface area contributed by atoms with E-state index in [1.165, 1.54) is 4.68 Å². The molecule has 1 spiro atoms. The molecule has 24 heavy (non-hydrogen) atoms. The fourth-order valence-corrected chi connectivity index (χ4v) is 4.92. The molecule has 0 saturated carbocycles. The van der Waals surface area contributed by atoms with Crippen molar-refractivity contribution in [2.24, 2.45) is 0 Å². The van der Waals surface area contributed by atoms with Crippen LogP contribution in [-0.2, 0) is 21.1 Å². The summed E-state index contributed by atoms with van der Waals surface area (Å²) in [5.74, 6) is -0.647. The summed E-state index contributed by atoms with van der Waals surface area (Å²) in [7, 11) is -3.42. The first-order chi connectivity index (χ1) is 11.2. The predicted octanol–water partition coefficient (Wildman–Crippen LogP) is 0.00820. The maximum Gasteiger partial charge on any atom is 0.317 e. The van der Waals surface area contributed by atoms with Crippen molar-refractivity contribution in [3.05, 3.63) is 18.2 Å². The number of nitrogens with zero attached hydrogens (tertiary/aromatic N) is 3. The largest absolute Gasteiger partial charge is 0.369 e. The van der Waals surface area contributed by atoms with E-state index in [0.717, 1.165) is 12.4 Å². The van der Waals surface area contributed by atoms with Gasteiger partial charge in [-0.2, -0.15) is 5.10 Å². The molecule has 10 heteroatoms. The number of sulfone groups is 1. The highest BCUT2D eigenvalue weighted by Gasteiger charge is 2.53. The lowest BCUT2D eigenvalue weighted by molar-refractivity contribution is -0.118. The van der Waals surface area contributed by atoms with Gasteiger partial charge in [0.2, 0.25) is 0 Å². The van der Waals surface area contributed by atoms with Gasteiger partial charge in [0, 0.05) is 6.04 Å². The Morgan fingerprint density at radius 1 is 1.54 bits per heavy atom. The first-order valence-electron chi connectivity index (χ1n) is 7.78. The number of ether oxygens (including phenoxy) is 1. The Labute approximate surface area is 139 Å². The molecule has 1 N–H and O–H groups in total. The SMILES string of the molecule is CC(C)NC(=O)N1CC2(C1)CS(=O)(=O)[C@@H](Cn1cc(F)cn1)CO2. The third-order valence-electron chi connectivity index (χ3n) is 4.20. The number of likely N-dealkylation sites (tertiary alicyclic amines) is 1. The third kappa shape index (κ3) is 3.39. The van der Waals surface area contributed by atoms with E-state index in [2.05, 4.69) is 10.4 Å². The van der Waals surface area contributed by atoms with Crippen LogP contribution in [0.5, 0.6) is 0 Å². The van der Waals surface area contributed by atoms with Crippen LogP contribution >= 0.6 is 0 Å². The molecule has 2 aliphatic heterocycles. The van der Waals surface area contributed by atoms with Crippen LogP contribution in [0.15, 0.2) is 12.4 Å². The molecule has 0 unspecified atom stereocenters. The molecule has 2 saturated heterocycles. The van der Waals surface area contributed by atoms with E-state index < -0.39 is 26.5 Å². The summed E-state index contributed by atoms with van der Waals surface area (Å²) in [6.07, 6.45) is 2.19. The Morgan fingerprint density at radius 3 is 2.79 bits per heavy atom. The van der Waals surface area contributed by atoms with E-state index in [1.54, 1.807) is 4.90 Å². The van der Waals surface area contributed by atoms with Gasteiger partial charge in [0.1, 0.15) is 10.9 Å². The van der Waals surface area contributed by atoms with E-state index in [9.17, 15) is 17.6 Å². The Kier molecular flexibility index (Phi) is 4.28. The first-order valence-corrected chi connectivity index (χ1v) is 9.50. The van der Waals surface area contributed by atoms with Crippen molar-refractivity contribution in [1.29, 1.82) is 0 Å². The number of nitrogens with one attached hydrogen (secondary N) is 1. The number of halogens is 1. The number of hydrogen-bond acceptors (Lipinski definition) is 5. The molecule has 2 amide bonds. The van der Waals surface area contributed by atoms with Gasteiger partial charge in [0.05, 0.1) is 44.4 Å². The van der Waals surface area contributed by atoms with Gasteiger partial charge in [0.25, 0.3) is 0 Å². The lowest BCUT2D eigenvalue weighted by Crippen LogP contribution is -2.72. The summed E-state index contributed by atoms with van der Waals surface area (Å²) >= 11 is 0. The molecule has 2 aliphatic rings. The van der Waals surface area contributed by atoms with E-state index in [-0.39, 0.29) is 44.1 Å². The van der Waals surface area contributed by atoms with Crippen molar-refractivity contribution in [3.8, 4) is 0 Å². The van der Waals surface area contributed by atoms with Gasteiger partial charge in [-0.3, -0.25) is 4.68 Å². The summed E-state index contributed by atoms with van der Waals surface area (Å²) in [6.45, 7) is 4.31. The van der Waals surface area contributed by atoms with Gasteiger partial charge in [-0.15, -0.1) is 0 Å². The van der Waals surface area contributed by atoms with Crippen molar-refractivity contribution in [1.82, 2.24) is 20.0 Å². The Balaban J connectivity index is 1.60. The fraction of sp³-hybridized carbons (Fsp3) is 0.714. The van der Waals surface area contributed by atoms with E-state index >= 15 is 0 Å². The van der Waals surface area contributed by atoms with Crippen LogP contribution in [0.3, 0.4) is 0 Å². The topological polar surface area (TPSA) is 93.5 Å². The van der Waals surface area contributed by atoms with Crippen molar-refractivity contribution in [2.75, 3.05) is 25.4 Å². The monoisotopic (exact) mass is 360 g/mol. The minimum Gasteiger partial charge on any atom is -0.369 e. The highest BCUT2D eigenvalue weighted by atomic mass is 32.2. The molecule has 1 atom stereocenters. The molecule has 0 aromatic carbocycles. The Hall–Kier alpha value is -1.68. The number of carbonyl (C=O) groups excluding carboxylic acids is 1. The molecule has 8 nitrogen and oxygen atoms in total. The summed E-state index contributed by atoms with van der Waals surface area (Å²) in [5, 5.41) is 5.77. The first kappa shape index (κ1) is 17.2. The molecule has 3 heterocycles. The van der Waals surface area contributed by atoms with Gasteiger partial charge >= 0.3 is 6.03 Å². The normalized spacial score (nSPS) is 24.8. The van der Waals surface area contributed by atoms with Crippen LogP contribution in [-0.4, -0.2) is 71.5 Å². The summed E-state index contributed by atoms with van der Waals surface area (Å²) in [5.41, 5.74) is -0.820. The van der Waals surface area contributed by atoms with Crippen LogP contribution in [0.1, 0.15) is 13.8 Å². The molecule has 0 aliphatic carbocycles. The minimum absolute atomic E-state index is 0.0173. The van der Waals surface area contributed by atoms with Gasteiger partial charge in [-0.05, 0) is 13.8 Å². The second-order valence-electron chi connectivity index (χ2n) is 6.76. The summed E-state index contributed by atoms with van der Waals surface area (Å²) < 4.78 is 45.1. The highest BCUT2D eigenvalue weighted by Crippen LogP contribution is 2.33. The average molecular weight is 360 g/mol. The van der Waals surface area contributed by atoms with Gasteiger partial charge < -0.3 is 15.0 Å². The number of urea groups is 1. The van der Waals surface area contributed by atoms with Crippen LogP contribution in [0.2, 0.25) is 0 Å².